The monoisotopic (exact) mass is 315 g/mol. The van der Waals surface area contributed by atoms with Crippen molar-refractivity contribution < 1.29 is 14.6 Å². The molecule has 1 N–H and O–H groups in total. The summed E-state index contributed by atoms with van der Waals surface area (Å²) < 4.78 is 7.73. The topological polar surface area (TPSA) is 51.5 Å². The number of aryl methyl sites for hydroxylation is 1. The Morgan fingerprint density at radius 3 is 2.73 bits per heavy atom. The number of carboxylic acid groups (broad SMARTS) is 1. The molecule has 0 aliphatic carbocycles. The van der Waals surface area contributed by atoms with Crippen LogP contribution >= 0.6 is 11.6 Å². The predicted molar refractivity (Wildman–Crippen MR) is 85.7 cm³/mol. The average molecular weight is 316 g/mol. The van der Waals surface area contributed by atoms with Crippen LogP contribution in [0, 0.1) is 0 Å². The van der Waals surface area contributed by atoms with Crippen LogP contribution in [0.3, 0.4) is 0 Å². The third kappa shape index (κ3) is 2.65. The number of nitrogens with zero attached hydrogens (tertiary/aromatic N) is 1. The molecular formula is C17H14ClNO3. The van der Waals surface area contributed by atoms with Crippen LogP contribution in [-0.4, -0.2) is 15.6 Å². The molecule has 1 heterocycles. The summed E-state index contributed by atoms with van der Waals surface area (Å²) in [5.74, 6) is -0.305. The minimum Gasteiger partial charge on any atom is -0.486 e. The molecule has 0 spiro atoms. The summed E-state index contributed by atoms with van der Waals surface area (Å²) >= 11 is 6.07. The summed E-state index contributed by atoms with van der Waals surface area (Å²) in [6.07, 6.45) is 0. The molecule has 112 valence electrons. The maximum atomic E-state index is 11.0. The van der Waals surface area contributed by atoms with Crippen LogP contribution in [0.4, 0.5) is 0 Å². The highest BCUT2D eigenvalue weighted by Gasteiger charge is 2.10. The highest BCUT2D eigenvalue weighted by Crippen LogP contribution is 2.26. The van der Waals surface area contributed by atoms with Crippen LogP contribution in [0.2, 0.25) is 5.02 Å². The minimum absolute atomic E-state index is 0.275. The molecule has 0 fully saturated rings. The second kappa shape index (κ2) is 5.73. The number of hydrogen-bond acceptors (Lipinski definition) is 2. The Labute approximate surface area is 132 Å². The maximum Gasteiger partial charge on any atom is 0.335 e. The zero-order valence-electron chi connectivity index (χ0n) is 11.9. The van der Waals surface area contributed by atoms with E-state index >= 15 is 0 Å². The van der Waals surface area contributed by atoms with E-state index in [0.717, 1.165) is 16.6 Å². The van der Waals surface area contributed by atoms with Crippen LogP contribution in [0.1, 0.15) is 16.1 Å². The first kappa shape index (κ1) is 14.5. The van der Waals surface area contributed by atoms with Crippen molar-refractivity contribution in [3.63, 3.8) is 0 Å². The number of hydrogen-bond donors (Lipinski definition) is 1. The molecule has 0 aliphatic heterocycles. The molecule has 0 bridgehead atoms. The molecule has 0 atom stereocenters. The number of fused-ring (bicyclic) bond motifs is 1. The van der Waals surface area contributed by atoms with Crippen molar-refractivity contribution in [3.05, 3.63) is 64.8 Å². The van der Waals surface area contributed by atoms with Gasteiger partial charge in [0.1, 0.15) is 12.4 Å². The van der Waals surface area contributed by atoms with Gasteiger partial charge in [0.05, 0.1) is 16.3 Å². The van der Waals surface area contributed by atoms with Crippen molar-refractivity contribution in [2.24, 2.45) is 7.05 Å². The molecule has 5 heteroatoms. The van der Waals surface area contributed by atoms with E-state index in [0.29, 0.717) is 17.4 Å². The van der Waals surface area contributed by atoms with Gasteiger partial charge in [-0.15, -0.1) is 0 Å². The van der Waals surface area contributed by atoms with Crippen molar-refractivity contribution in [1.29, 1.82) is 0 Å². The fourth-order valence-corrected chi connectivity index (χ4v) is 2.58. The Kier molecular flexibility index (Phi) is 3.77. The van der Waals surface area contributed by atoms with Crippen LogP contribution in [-0.2, 0) is 13.7 Å². The van der Waals surface area contributed by atoms with Gasteiger partial charge in [0, 0.05) is 18.0 Å². The lowest BCUT2D eigenvalue weighted by atomic mass is 10.1. The molecule has 3 aromatic rings. The number of aromatic carboxylic acids is 1. The molecule has 0 aliphatic rings. The van der Waals surface area contributed by atoms with Gasteiger partial charge in [0.25, 0.3) is 0 Å². The Bertz CT molecular complexity index is 854. The molecule has 1 aromatic heterocycles. The quantitative estimate of drug-likeness (QED) is 0.788. The first-order valence-electron chi connectivity index (χ1n) is 6.75. The van der Waals surface area contributed by atoms with Crippen molar-refractivity contribution in [2.45, 2.75) is 6.61 Å². The predicted octanol–water partition coefficient (Wildman–Crippen LogP) is 4.11. The van der Waals surface area contributed by atoms with E-state index in [4.69, 9.17) is 21.4 Å². The first-order chi connectivity index (χ1) is 10.6. The Morgan fingerprint density at radius 1 is 1.23 bits per heavy atom. The normalized spacial score (nSPS) is 10.8. The van der Waals surface area contributed by atoms with Crippen LogP contribution < -0.4 is 4.74 Å². The maximum absolute atomic E-state index is 11.0. The standard InChI is InChI=1S/C17H14ClNO3/c1-19-13(10-22-16-5-3-2-4-14(16)18)9-12-8-11(17(20)21)6-7-15(12)19/h2-9H,10H2,1H3,(H,20,21). The van der Waals surface area contributed by atoms with Gasteiger partial charge < -0.3 is 14.4 Å². The van der Waals surface area contributed by atoms with Gasteiger partial charge in [-0.1, -0.05) is 23.7 Å². The average Bonchev–Trinajstić information content (AvgIpc) is 2.82. The summed E-state index contributed by atoms with van der Waals surface area (Å²) in [7, 11) is 1.92. The fourth-order valence-electron chi connectivity index (χ4n) is 2.39. The molecule has 0 unspecified atom stereocenters. The van der Waals surface area contributed by atoms with E-state index in [-0.39, 0.29) is 5.56 Å². The van der Waals surface area contributed by atoms with E-state index in [1.54, 1.807) is 24.3 Å². The number of benzene rings is 2. The van der Waals surface area contributed by atoms with Crippen molar-refractivity contribution in [1.82, 2.24) is 4.57 Å². The zero-order valence-corrected chi connectivity index (χ0v) is 12.7. The number of para-hydroxylation sites is 1. The number of aromatic nitrogens is 1. The van der Waals surface area contributed by atoms with Gasteiger partial charge in [-0.05, 0) is 36.4 Å². The number of carboxylic acids is 1. The number of ether oxygens (including phenoxy) is 1. The second-order valence-electron chi connectivity index (χ2n) is 4.99. The molecule has 2 aromatic carbocycles. The molecule has 0 radical (unpaired) electrons. The molecule has 0 amide bonds. The van der Waals surface area contributed by atoms with Crippen molar-refractivity contribution in [2.75, 3.05) is 0 Å². The highest BCUT2D eigenvalue weighted by molar-refractivity contribution is 6.32. The molecule has 0 saturated heterocycles. The van der Waals surface area contributed by atoms with Gasteiger partial charge in [-0.25, -0.2) is 4.79 Å². The summed E-state index contributed by atoms with van der Waals surface area (Å²) in [4.78, 5) is 11.0. The van der Waals surface area contributed by atoms with E-state index in [2.05, 4.69) is 0 Å². The van der Waals surface area contributed by atoms with Crippen molar-refractivity contribution >= 4 is 28.5 Å². The molecule has 4 nitrogen and oxygen atoms in total. The second-order valence-corrected chi connectivity index (χ2v) is 5.40. The third-order valence-corrected chi connectivity index (χ3v) is 3.91. The first-order valence-corrected chi connectivity index (χ1v) is 7.13. The summed E-state index contributed by atoms with van der Waals surface area (Å²) in [5.41, 5.74) is 2.18. The molecular weight excluding hydrogens is 302 g/mol. The Balaban J connectivity index is 1.89. The van der Waals surface area contributed by atoms with E-state index in [9.17, 15) is 4.79 Å². The zero-order chi connectivity index (χ0) is 15.7. The van der Waals surface area contributed by atoms with Gasteiger partial charge in [-0.3, -0.25) is 0 Å². The lowest BCUT2D eigenvalue weighted by molar-refractivity contribution is 0.0697. The lowest BCUT2D eigenvalue weighted by Crippen LogP contribution is -2.02. The molecule has 22 heavy (non-hydrogen) atoms. The van der Waals surface area contributed by atoms with E-state index < -0.39 is 5.97 Å². The summed E-state index contributed by atoms with van der Waals surface area (Å²) in [6, 6.07) is 14.3. The van der Waals surface area contributed by atoms with Gasteiger partial charge in [-0.2, -0.15) is 0 Å². The number of rotatable bonds is 4. The smallest absolute Gasteiger partial charge is 0.335 e. The van der Waals surface area contributed by atoms with Crippen molar-refractivity contribution in [3.8, 4) is 5.75 Å². The van der Waals surface area contributed by atoms with E-state index in [1.807, 2.05) is 35.9 Å². The highest BCUT2D eigenvalue weighted by atomic mass is 35.5. The van der Waals surface area contributed by atoms with E-state index in [1.165, 1.54) is 0 Å². The number of carbonyl (C=O) groups is 1. The Morgan fingerprint density at radius 2 is 2.00 bits per heavy atom. The fraction of sp³-hybridized carbons (Fsp3) is 0.118. The van der Waals surface area contributed by atoms with Crippen LogP contribution in [0.5, 0.6) is 5.75 Å². The van der Waals surface area contributed by atoms with Gasteiger partial charge >= 0.3 is 5.97 Å². The SMILES string of the molecule is Cn1c(COc2ccccc2Cl)cc2cc(C(=O)O)ccc21. The Hall–Kier alpha value is -2.46. The third-order valence-electron chi connectivity index (χ3n) is 3.60. The van der Waals surface area contributed by atoms with Crippen LogP contribution in [0.15, 0.2) is 48.5 Å². The lowest BCUT2D eigenvalue weighted by Gasteiger charge is -2.08. The van der Waals surface area contributed by atoms with Gasteiger partial charge in [0.15, 0.2) is 0 Å². The molecule has 0 saturated carbocycles. The summed E-state index contributed by atoms with van der Waals surface area (Å²) in [5, 5.41) is 10.5. The van der Waals surface area contributed by atoms with Gasteiger partial charge in [0.2, 0.25) is 0 Å². The largest absolute Gasteiger partial charge is 0.486 e. The molecule has 3 rings (SSSR count). The number of halogens is 1. The van der Waals surface area contributed by atoms with Crippen LogP contribution in [0.25, 0.3) is 10.9 Å². The minimum atomic E-state index is -0.931. The summed E-state index contributed by atoms with van der Waals surface area (Å²) in [6.45, 7) is 0.358.